The van der Waals surface area contributed by atoms with Crippen LogP contribution in [0.5, 0.6) is 0 Å². The van der Waals surface area contributed by atoms with Crippen molar-refractivity contribution in [2.45, 2.75) is 32.8 Å². The van der Waals surface area contributed by atoms with Crippen LogP contribution in [0.1, 0.15) is 26.7 Å². The van der Waals surface area contributed by atoms with Crippen molar-refractivity contribution >= 4 is 34.8 Å². The predicted molar refractivity (Wildman–Crippen MR) is 88.3 cm³/mol. The van der Waals surface area contributed by atoms with E-state index in [1.54, 1.807) is 18.2 Å². The van der Waals surface area contributed by atoms with Crippen LogP contribution < -0.4 is 10.6 Å². The first-order valence-electron chi connectivity index (χ1n) is 7.07. The summed E-state index contributed by atoms with van der Waals surface area (Å²) >= 11 is 12.0. The van der Waals surface area contributed by atoms with Crippen molar-refractivity contribution in [1.82, 2.24) is 5.32 Å². The van der Waals surface area contributed by atoms with E-state index in [0.29, 0.717) is 15.7 Å². The largest absolute Gasteiger partial charge is 0.379 e. The number of nitrogens with one attached hydrogen (secondary N) is 2. The van der Waals surface area contributed by atoms with Crippen molar-refractivity contribution in [3.63, 3.8) is 0 Å². The van der Waals surface area contributed by atoms with E-state index in [-0.39, 0.29) is 18.6 Å². The van der Waals surface area contributed by atoms with Crippen LogP contribution in [0, 0.1) is 0 Å². The van der Waals surface area contributed by atoms with Crippen LogP contribution in [0.25, 0.3) is 0 Å². The Hall–Kier alpha value is -0.810. The second-order valence-electron chi connectivity index (χ2n) is 4.95. The lowest BCUT2D eigenvalue weighted by molar-refractivity contribution is -0.115. The van der Waals surface area contributed by atoms with Crippen molar-refractivity contribution in [2.75, 3.05) is 25.0 Å². The SMILES string of the molecule is CC(C)OCCCCNCC(=O)Nc1c(Cl)cccc1Cl. The lowest BCUT2D eigenvalue weighted by atomic mass is 10.3. The maximum Gasteiger partial charge on any atom is 0.238 e. The molecule has 4 nitrogen and oxygen atoms in total. The summed E-state index contributed by atoms with van der Waals surface area (Å²) in [5.74, 6) is -0.163. The van der Waals surface area contributed by atoms with E-state index in [2.05, 4.69) is 10.6 Å². The van der Waals surface area contributed by atoms with E-state index < -0.39 is 0 Å². The molecule has 2 N–H and O–H groups in total. The molecule has 0 aromatic heterocycles. The molecule has 0 saturated heterocycles. The van der Waals surface area contributed by atoms with Gasteiger partial charge in [-0.1, -0.05) is 29.3 Å². The second kappa shape index (κ2) is 10.0. The minimum absolute atomic E-state index is 0.163. The molecule has 0 radical (unpaired) electrons. The highest BCUT2D eigenvalue weighted by atomic mass is 35.5. The van der Waals surface area contributed by atoms with Gasteiger partial charge >= 0.3 is 0 Å². The van der Waals surface area contributed by atoms with Crippen molar-refractivity contribution in [1.29, 1.82) is 0 Å². The zero-order valence-electron chi connectivity index (χ0n) is 12.4. The topological polar surface area (TPSA) is 50.4 Å². The van der Waals surface area contributed by atoms with Gasteiger partial charge in [0.25, 0.3) is 0 Å². The number of hydrogen-bond acceptors (Lipinski definition) is 3. The molecule has 0 aliphatic carbocycles. The van der Waals surface area contributed by atoms with Crippen LogP contribution >= 0.6 is 23.2 Å². The van der Waals surface area contributed by atoms with Gasteiger partial charge in [-0.05, 0) is 45.4 Å². The molecule has 0 saturated carbocycles. The lowest BCUT2D eigenvalue weighted by Crippen LogP contribution is -2.29. The molecule has 0 aliphatic heterocycles. The summed E-state index contributed by atoms with van der Waals surface area (Å²) in [5.41, 5.74) is 0.456. The molecule has 6 heteroatoms. The number of hydrogen-bond donors (Lipinski definition) is 2. The molecule has 1 amide bonds. The highest BCUT2D eigenvalue weighted by Gasteiger charge is 2.08. The van der Waals surface area contributed by atoms with Gasteiger partial charge in [-0.25, -0.2) is 0 Å². The number of rotatable bonds is 9. The Kier molecular flexibility index (Phi) is 8.69. The highest BCUT2D eigenvalue weighted by Crippen LogP contribution is 2.29. The second-order valence-corrected chi connectivity index (χ2v) is 5.76. The zero-order valence-corrected chi connectivity index (χ0v) is 13.9. The number of amides is 1. The third kappa shape index (κ3) is 7.67. The molecule has 0 aliphatic rings. The van der Waals surface area contributed by atoms with Gasteiger partial charge < -0.3 is 15.4 Å². The molecule has 0 fully saturated rings. The Balaban J connectivity index is 2.17. The zero-order chi connectivity index (χ0) is 15.7. The highest BCUT2D eigenvalue weighted by molar-refractivity contribution is 6.39. The summed E-state index contributed by atoms with van der Waals surface area (Å²) in [5, 5.41) is 6.65. The fraction of sp³-hybridized carbons (Fsp3) is 0.533. The first-order valence-corrected chi connectivity index (χ1v) is 7.82. The molecule has 0 bridgehead atoms. The normalized spacial score (nSPS) is 10.9. The Morgan fingerprint density at radius 2 is 1.90 bits per heavy atom. The fourth-order valence-electron chi connectivity index (χ4n) is 1.67. The summed E-state index contributed by atoms with van der Waals surface area (Å²) in [7, 11) is 0. The molecule has 0 unspecified atom stereocenters. The number of benzene rings is 1. The molecule has 0 spiro atoms. The van der Waals surface area contributed by atoms with Gasteiger partial charge in [-0.3, -0.25) is 4.79 Å². The fourth-order valence-corrected chi connectivity index (χ4v) is 2.17. The lowest BCUT2D eigenvalue weighted by Gasteiger charge is -2.10. The minimum Gasteiger partial charge on any atom is -0.379 e. The van der Waals surface area contributed by atoms with Crippen molar-refractivity contribution in [3.05, 3.63) is 28.2 Å². The van der Waals surface area contributed by atoms with Gasteiger partial charge in [0.15, 0.2) is 0 Å². The van der Waals surface area contributed by atoms with Crippen LogP contribution in [0.15, 0.2) is 18.2 Å². The van der Waals surface area contributed by atoms with Crippen LogP contribution in [0.3, 0.4) is 0 Å². The molecule has 1 rings (SSSR count). The summed E-state index contributed by atoms with van der Waals surface area (Å²) in [4.78, 5) is 11.8. The smallest absolute Gasteiger partial charge is 0.238 e. The molecule has 21 heavy (non-hydrogen) atoms. The maximum absolute atomic E-state index is 11.8. The number of para-hydroxylation sites is 1. The minimum atomic E-state index is -0.163. The van der Waals surface area contributed by atoms with Crippen LogP contribution in [0.2, 0.25) is 10.0 Å². The van der Waals surface area contributed by atoms with E-state index in [1.165, 1.54) is 0 Å². The third-order valence-electron chi connectivity index (χ3n) is 2.71. The van der Waals surface area contributed by atoms with E-state index >= 15 is 0 Å². The van der Waals surface area contributed by atoms with Gasteiger partial charge in [0.05, 0.1) is 28.4 Å². The van der Waals surface area contributed by atoms with Crippen LogP contribution in [-0.2, 0) is 9.53 Å². The van der Waals surface area contributed by atoms with E-state index in [4.69, 9.17) is 27.9 Å². The molecule has 0 heterocycles. The van der Waals surface area contributed by atoms with Crippen molar-refractivity contribution < 1.29 is 9.53 Å². The number of carbonyl (C=O) groups excluding carboxylic acids is 1. The Labute approximate surface area is 136 Å². The third-order valence-corrected chi connectivity index (χ3v) is 3.34. The molecule has 1 aromatic carbocycles. The average molecular weight is 333 g/mol. The first kappa shape index (κ1) is 18.2. The van der Waals surface area contributed by atoms with Crippen LogP contribution in [0.4, 0.5) is 5.69 Å². The van der Waals surface area contributed by atoms with Gasteiger partial charge in [-0.15, -0.1) is 0 Å². The maximum atomic E-state index is 11.8. The molecule has 118 valence electrons. The van der Waals surface area contributed by atoms with Gasteiger partial charge in [-0.2, -0.15) is 0 Å². The number of halogens is 2. The summed E-state index contributed by atoms with van der Waals surface area (Å²) in [6.45, 7) is 5.78. The van der Waals surface area contributed by atoms with Crippen molar-refractivity contribution in [3.8, 4) is 0 Å². The Morgan fingerprint density at radius 3 is 2.52 bits per heavy atom. The molecular formula is C15H22Cl2N2O2. The standard InChI is InChI=1S/C15H22Cl2N2O2/c1-11(2)21-9-4-3-8-18-10-14(20)19-15-12(16)6-5-7-13(15)17/h5-7,11,18H,3-4,8-10H2,1-2H3,(H,19,20). The predicted octanol–water partition coefficient (Wildman–Crippen LogP) is 3.73. The first-order chi connectivity index (χ1) is 10.0. The number of carbonyl (C=O) groups is 1. The van der Waals surface area contributed by atoms with Crippen LogP contribution in [-0.4, -0.2) is 31.7 Å². The van der Waals surface area contributed by atoms with E-state index in [1.807, 2.05) is 13.8 Å². The summed E-state index contributed by atoms with van der Waals surface area (Å²) in [6.07, 6.45) is 2.21. The quantitative estimate of drug-likeness (QED) is 0.677. The van der Waals surface area contributed by atoms with E-state index in [9.17, 15) is 4.79 Å². The summed E-state index contributed by atoms with van der Waals surface area (Å²) in [6, 6.07) is 5.11. The molecule has 0 atom stereocenters. The van der Waals surface area contributed by atoms with Gasteiger partial charge in [0.2, 0.25) is 5.91 Å². The molecular weight excluding hydrogens is 311 g/mol. The number of unbranched alkanes of at least 4 members (excludes halogenated alkanes) is 1. The monoisotopic (exact) mass is 332 g/mol. The molecule has 1 aromatic rings. The number of ether oxygens (including phenoxy) is 1. The number of anilines is 1. The van der Waals surface area contributed by atoms with Crippen molar-refractivity contribution in [2.24, 2.45) is 0 Å². The average Bonchev–Trinajstić information content (AvgIpc) is 2.41. The Morgan fingerprint density at radius 1 is 1.24 bits per heavy atom. The van der Waals surface area contributed by atoms with Gasteiger partial charge in [0.1, 0.15) is 0 Å². The van der Waals surface area contributed by atoms with Gasteiger partial charge in [0, 0.05) is 6.61 Å². The van der Waals surface area contributed by atoms with E-state index in [0.717, 1.165) is 26.0 Å². The Bertz CT molecular complexity index is 433. The summed E-state index contributed by atoms with van der Waals surface area (Å²) < 4.78 is 5.44.